The molecule has 24 heavy (non-hydrogen) atoms. The van der Waals surface area contributed by atoms with Crippen molar-refractivity contribution < 1.29 is 28.4 Å². The molecule has 6 heteroatoms. The Morgan fingerprint density at radius 2 is 1.71 bits per heavy atom. The van der Waals surface area contributed by atoms with Gasteiger partial charge in [-0.1, -0.05) is 6.92 Å². The van der Waals surface area contributed by atoms with Crippen molar-refractivity contribution in [3.05, 3.63) is 0 Å². The van der Waals surface area contributed by atoms with E-state index in [1.54, 1.807) is 7.11 Å². The highest BCUT2D eigenvalue weighted by molar-refractivity contribution is 4.70. The van der Waals surface area contributed by atoms with Crippen molar-refractivity contribution in [2.45, 2.75) is 77.7 Å². The molecule has 0 aromatic heterocycles. The maximum Gasteiger partial charge on any atom is 0.163 e. The molecule has 3 unspecified atom stereocenters. The Morgan fingerprint density at radius 1 is 1.08 bits per heavy atom. The summed E-state index contributed by atoms with van der Waals surface area (Å²) in [7, 11) is 1.67. The first-order chi connectivity index (χ1) is 11.1. The fraction of sp³-hybridized carbons (Fsp3) is 1.00. The Bertz CT molecular complexity index is 339. The van der Waals surface area contributed by atoms with Gasteiger partial charge in [0.2, 0.25) is 0 Å². The molecular formula is C18H36O6. The molecule has 1 fully saturated rings. The van der Waals surface area contributed by atoms with Gasteiger partial charge in [0, 0.05) is 7.11 Å². The van der Waals surface area contributed by atoms with Crippen molar-refractivity contribution in [2.75, 3.05) is 40.1 Å². The van der Waals surface area contributed by atoms with Crippen LogP contribution in [0.4, 0.5) is 0 Å². The van der Waals surface area contributed by atoms with Crippen LogP contribution in [0.1, 0.15) is 48.0 Å². The number of hydrogen-bond donors (Lipinski definition) is 0. The zero-order valence-electron chi connectivity index (χ0n) is 16.4. The zero-order valence-corrected chi connectivity index (χ0v) is 16.4. The highest BCUT2D eigenvalue weighted by Crippen LogP contribution is 2.22. The summed E-state index contributed by atoms with van der Waals surface area (Å²) in [6, 6.07) is 0. The van der Waals surface area contributed by atoms with E-state index in [-0.39, 0.29) is 23.9 Å². The maximum atomic E-state index is 5.94. The van der Waals surface area contributed by atoms with E-state index in [1.807, 2.05) is 13.8 Å². The maximum absolute atomic E-state index is 5.94. The molecule has 1 heterocycles. The van der Waals surface area contributed by atoms with Crippen LogP contribution in [0.25, 0.3) is 0 Å². The topological polar surface area (TPSA) is 55.4 Å². The first-order valence-electron chi connectivity index (χ1n) is 8.83. The Morgan fingerprint density at radius 3 is 2.21 bits per heavy atom. The largest absolute Gasteiger partial charge is 0.377 e. The first kappa shape index (κ1) is 21.8. The predicted octanol–water partition coefficient (Wildman–Crippen LogP) is 2.78. The van der Waals surface area contributed by atoms with Gasteiger partial charge in [0.05, 0.1) is 44.7 Å². The quantitative estimate of drug-likeness (QED) is 0.572. The normalized spacial score (nSPS) is 23.4. The summed E-state index contributed by atoms with van der Waals surface area (Å²) in [5.41, 5.74) is -0.162. The van der Waals surface area contributed by atoms with Gasteiger partial charge in [0.1, 0.15) is 12.2 Å². The minimum Gasteiger partial charge on any atom is -0.377 e. The van der Waals surface area contributed by atoms with E-state index < -0.39 is 5.79 Å². The van der Waals surface area contributed by atoms with Crippen molar-refractivity contribution in [3.8, 4) is 0 Å². The average Bonchev–Trinajstić information content (AvgIpc) is 2.82. The van der Waals surface area contributed by atoms with E-state index in [4.69, 9.17) is 28.4 Å². The van der Waals surface area contributed by atoms with Crippen LogP contribution in [0.5, 0.6) is 0 Å². The van der Waals surface area contributed by atoms with E-state index in [0.29, 0.717) is 33.0 Å². The van der Waals surface area contributed by atoms with Crippen LogP contribution in [-0.4, -0.2) is 69.8 Å². The van der Waals surface area contributed by atoms with Crippen LogP contribution >= 0.6 is 0 Å². The summed E-state index contributed by atoms with van der Waals surface area (Å²) in [4.78, 5) is 0. The average molecular weight is 348 g/mol. The Kier molecular flexibility index (Phi) is 9.12. The molecule has 1 aliphatic heterocycles. The van der Waals surface area contributed by atoms with Gasteiger partial charge in [-0.3, -0.25) is 0 Å². The van der Waals surface area contributed by atoms with E-state index in [0.717, 1.165) is 6.42 Å². The van der Waals surface area contributed by atoms with E-state index in [2.05, 4.69) is 27.7 Å². The third-order valence-electron chi connectivity index (χ3n) is 3.59. The van der Waals surface area contributed by atoms with Crippen molar-refractivity contribution in [1.82, 2.24) is 0 Å². The number of hydrogen-bond acceptors (Lipinski definition) is 6. The van der Waals surface area contributed by atoms with E-state index in [9.17, 15) is 0 Å². The number of rotatable bonds is 11. The molecule has 1 saturated heterocycles. The summed E-state index contributed by atoms with van der Waals surface area (Å²) in [6.07, 6.45) is 0.880. The predicted molar refractivity (Wildman–Crippen MR) is 92.3 cm³/mol. The fourth-order valence-electron chi connectivity index (χ4n) is 2.43. The summed E-state index contributed by atoms with van der Waals surface area (Å²) in [5, 5.41) is 0. The van der Waals surface area contributed by atoms with Gasteiger partial charge in [-0.15, -0.1) is 0 Å². The molecule has 0 aromatic carbocycles. The summed E-state index contributed by atoms with van der Waals surface area (Å²) >= 11 is 0. The van der Waals surface area contributed by atoms with Crippen LogP contribution in [0.3, 0.4) is 0 Å². The van der Waals surface area contributed by atoms with Crippen LogP contribution in [0.15, 0.2) is 0 Å². The molecule has 1 aliphatic rings. The molecule has 3 atom stereocenters. The standard InChI is InChI=1S/C18H36O6/c1-8-14(23-17(2,3)4)9-20-10-15(19-7)11-21-12-16-13-22-18(5,6)24-16/h14-16H,8-13H2,1-7H3. The molecule has 0 aliphatic carbocycles. The molecule has 144 valence electrons. The third-order valence-corrected chi connectivity index (χ3v) is 3.59. The van der Waals surface area contributed by atoms with Gasteiger partial charge < -0.3 is 28.4 Å². The monoisotopic (exact) mass is 348 g/mol. The zero-order chi connectivity index (χ0) is 18.2. The van der Waals surface area contributed by atoms with Crippen LogP contribution in [0.2, 0.25) is 0 Å². The van der Waals surface area contributed by atoms with Crippen LogP contribution < -0.4 is 0 Å². The molecule has 6 nitrogen and oxygen atoms in total. The Hall–Kier alpha value is -0.240. The highest BCUT2D eigenvalue weighted by atomic mass is 16.7. The summed E-state index contributed by atoms with van der Waals surface area (Å²) in [5.74, 6) is -0.514. The SMILES string of the molecule is CCC(COCC(COCC1COC(C)(C)O1)OC)OC(C)(C)C. The van der Waals surface area contributed by atoms with Gasteiger partial charge in [-0.25, -0.2) is 0 Å². The fourth-order valence-corrected chi connectivity index (χ4v) is 2.43. The molecule has 0 amide bonds. The molecule has 0 spiro atoms. The first-order valence-corrected chi connectivity index (χ1v) is 8.83. The van der Waals surface area contributed by atoms with Crippen LogP contribution in [-0.2, 0) is 28.4 Å². The van der Waals surface area contributed by atoms with Crippen molar-refractivity contribution in [3.63, 3.8) is 0 Å². The number of methoxy groups -OCH3 is 1. The van der Waals surface area contributed by atoms with E-state index in [1.165, 1.54) is 0 Å². The minimum atomic E-state index is -0.514. The molecule has 0 aromatic rings. The van der Waals surface area contributed by atoms with Crippen molar-refractivity contribution in [1.29, 1.82) is 0 Å². The van der Waals surface area contributed by atoms with Crippen molar-refractivity contribution in [2.24, 2.45) is 0 Å². The number of ether oxygens (including phenoxy) is 6. The molecule has 0 radical (unpaired) electrons. The lowest BCUT2D eigenvalue weighted by Crippen LogP contribution is -2.33. The van der Waals surface area contributed by atoms with Gasteiger partial charge in [-0.2, -0.15) is 0 Å². The van der Waals surface area contributed by atoms with Gasteiger partial charge in [0.15, 0.2) is 5.79 Å². The third kappa shape index (κ3) is 9.30. The smallest absolute Gasteiger partial charge is 0.163 e. The lowest BCUT2D eigenvalue weighted by molar-refractivity contribution is -0.148. The lowest BCUT2D eigenvalue weighted by atomic mass is 10.1. The van der Waals surface area contributed by atoms with Gasteiger partial charge in [-0.05, 0) is 41.0 Å². The lowest BCUT2D eigenvalue weighted by Gasteiger charge is -2.27. The van der Waals surface area contributed by atoms with Gasteiger partial charge in [0.25, 0.3) is 0 Å². The minimum absolute atomic E-state index is 0.0249. The molecule has 1 rings (SSSR count). The molecule has 0 saturated carbocycles. The highest BCUT2D eigenvalue weighted by Gasteiger charge is 2.32. The molecule has 0 bridgehead atoms. The van der Waals surface area contributed by atoms with Crippen LogP contribution in [0, 0.1) is 0 Å². The summed E-state index contributed by atoms with van der Waals surface area (Å²) < 4.78 is 34.0. The van der Waals surface area contributed by atoms with Gasteiger partial charge >= 0.3 is 0 Å². The second-order valence-electron chi connectivity index (χ2n) is 7.64. The second-order valence-corrected chi connectivity index (χ2v) is 7.64. The Balaban J connectivity index is 2.18. The molecular weight excluding hydrogens is 312 g/mol. The summed E-state index contributed by atoms with van der Waals surface area (Å²) in [6.45, 7) is 14.6. The Labute approximate surface area is 147 Å². The van der Waals surface area contributed by atoms with E-state index >= 15 is 0 Å². The second kappa shape index (κ2) is 10.0. The molecule has 0 N–H and O–H groups in total. The van der Waals surface area contributed by atoms with Crippen molar-refractivity contribution >= 4 is 0 Å².